The lowest BCUT2D eigenvalue weighted by atomic mass is 10.0. The summed E-state index contributed by atoms with van der Waals surface area (Å²) in [7, 11) is 0. The molecule has 0 atom stereocenters. The molecule has 10 heteroatoms. The van der Waals surface area contributed by atoms with Crippen molar-refractivity contribution in [2.45, 2.75) is 58.2 Å². The molecule has 36 heavy (non-hydrogen) atoms. The number of nitrogens with zero attached hydrogens (tertiary/aromatic N) is 3. The topological polar surface area (TPSA) is 82.3 Å². The number of imidazole rings is 1. The van der Waals surface area contributed by atoms with Crippen molar-refractivity contribution in [2.75, 3.05) is 6.61 Å². The van der Waals surface area contributed by atoms with Crippen LogP contribution >= 0.6 is 0 Å². The van der Waals surface area contributed by atoms with Crippen LogP contribution in [0, 0.1) is 0 Å². The van der Waals surface area contributed by atoms with Crippen LogP contribution in [0.2, 0.25) is 0 Å². The maximum atomic E-state index is 12.4. The summed E-state index contributed by atoms with van der Waals surface area (Å²) in [5.41, 5.74) is 3.04. The molecule has 0 unspecified atom stereocenters. The van der Waals surface area contributed by atoms with E-state index < -0.39 is 30.4 Å². The van der Waals surface area contributed by atoms with Crippen molar-refractivity contribution >= 4 is 23.6 Å². The van der Waals surface area contributed by atoms with Crippen LogP contribution in [0.4, 0.5) is 13.2 Å². The van der Waals surface area contributed by atoms with Gasteiger partial charge in [-0.2, -0.15) is 13.2 Å². The van der Waals surface area contributed by atoms with Gasteiger partial charge in [0.15, 0.2) is 0 Å². The van der Waals surface area contributed by atoms with Crippen LogP contribution in [0.25, 0.3) is 16.9 Å². The zero-order chi connectivity index (χ0) is 26.3. The number of ether oxygens (including phenoxy) is 1. The summed E-state index contributed by atoms with van der Waals surface area (Å²) in [5.74, 6) is -0.821. The zero-order valence-corrected chi connectivity index (χ0v) is 20.3. The molecule has 0 spiro atoms. The van der Waals surface area contributed by atoms with E-state index in [0.717, 1.165) is 16.8 Å². The van der Waals surface area contributed by atoms with Crippen LogP contribution in [-0.4, -0.2) is 45.7 Å². The van der Waals surface area contributed by atoms with Gasteiger partial charge in [0.25, 0.3) is 0 Å². The number of aromatic nitrogens is 2. The van der Waals surface area contributed by atoms with Crippen LogP contribution < -0.4 is 0 Å². The third-order valence-electron chi connectivity index (χ3n) is 4.94. The van der Waals surface area contributed by atoms with Gasteiger partial charge in [-0.15, -0.1) is 0 Å². The third kappa shape index (κ3) is 8.51. The highest BCUT2D eigenvalue weighted by atomic mass is 19.4. The van der Waals surface area contributed by atoms with Gasteiger partial charge in [0, 0.05) is 30.2 Å². The molecule has 3 aromatic rings. The number of carbonyl (C=O) groups is 2. The van der Waals surface area contributed by atoms with Gasteiger partial charge in [-0.05, 0) is 44.5 Å². The second kappa shape index (κ2) is 11.4. The fraction of sp³-hybridized carbons (Fsp3) is 0.385. The Bertz CT molecular complexity index is 1240. The first kappa shape index (κ1) is 26.9. The Morgan fingerprint density at radius 1 is 1.11 bits per heavy atom. The average Bonchev–Trinajstić information content (AvgIpc) is 3.19. The Kier molecular flexibility index (Phi) is 8.49. The van der Waals surface area contributed by atoms with Crippen LogP contribution in [0.5, 0.6) is 0 Å². The molecule has 1 aromatic carbocycles. The molecule has 0 amide bonds. The molecule has 0 aliphatic rings. The van der Waals surface area contributed by atoms with E-state index in [4.69, 9.17) is 9.57 Å². The van der Waals surface area contributed by atoms with Gasteiger partial charge >= 0.3 is 12.1 Å². The fourth-order valence-electron chi connectivity index (χ4n) is 3.40. The van der Waals surface area contributed by atoms with Crippen LogP contribution in [0.1, 0.15) is 51.2 Å². The quantitative estimate of drug-likeness (QED) is 0.157. The lowest BCUT2D eigenvalue weighted by Gasteiger charge is -2.19. The van der Waals surface area contributed by atoms with E-state index in [-0.39, 0.29) is 25.4 Å². The van der Waals surface area contributed by atoms with Gasteiger partial charge in [0.1, 0.15) is 23.6 Å². The number of benzene rings is 1. The monoisotopic (exact) mass is 503 g/mol. The molecule has 0 saturated heterocycles. The summed E-state index contributed by atoms with van der Waals surface area (Å²) in [4.78, 5) is 33.2. The average molecular weight is 504 g/mol. The number of hydrogen-bond donors (Lipinski definition) is 0. The summed E-state index contributed by atoms with van der Waals surface area (Å²) < 4.78 is 44.2. The van der Waals surface area contributed by atoms with Crippen molar-refractivity contribution in [3.63, 3.8) is 0 Å². The van der Waals surface area contributed by atoms with E-state index in [9.17, 15) is 22.8 Å². The van der Waals surface area contributed by atoms with E-state index in [1.807, 2.05) is 16.5 Å². The standard InChI is InChI=1S/C26H28F3N3O4/c1-25(2,3)36-24(34)9-12-35-31-16-19-8-11-32-22(17-30-23(32)15-19)20-6-4-5-18(13-20)14-21(33)7-10-26(27,28)29/h4-6,8,11,13,15-17H,7,9-10,12,14H2,1-3H3/b31-16+. The first-order chi connectivity index (χ1) is 16.9. The molecule has 7 nitrogen and oxygen atoms in total. The maximum absolute atomic E-state index is 12.4. The van der Waals surface area contributed by atoms with Crippen molar-refractivity contribution in [3.8, 4) is 11.3 Å². The molecule has 0 fully saturated rings. The first-order valence-corrected chi connectivity index (χ1v) is 11.4. The molecule has 2 heterocycles. The molecule has 0 bridgehead atoms. The molecule has 0 aliphatic carbocycles. The van der Waals surface area contributed by atoms with Gasteiger partial charge in [-0.3, -0.25) is 14.0 Å². The van der Waals surface area contributed by atoms with Gasteiger partial charge in [0.05, 0.1) is 30.9 Å². The molecule has 0 N–H and O–H groups in total. The second-order valence-corrected chi connectivity index (χ2v) is 9.27. The minimum Gasteiger partial charge on any atom is -0.460 e. The van der Waals surface area contributed by atoms with Crippen molar-refractivity contribution in [1.82, 2.24) is 9.38 Å². The minimum atomic E-state index is -4.34. The molecule has 0 aliphatic heterocycles. The van der Waals surface area contributed by atoms with E-state index >= 15 is 0 Å². The highest BCUT2D eigenvalue weighted by molar-refractivity contribution is 5.82. The Morgan fingerprint density at radius 3 is 2.61 bits per heavy atom. The molecule has 0 saturated carbocycles. The fourth-order valence-corrected chi connectivity index (χ4v) is 3.40. The van der Waals surface area contributed by atoms with Crippen LogP contribution in [-0.2, 0) is 25.6 Å². The number of ketones is 1. The number of oxime groups is 1. The minimum absolute atomic E-state index is 0.0603. The van der Waals surface area contributed by atoms with Crippen molar-refractivity contribution in [1.29, 1.82) is 0 Å². The predicted molar refractivity (Wildman–Crippen MR) is 129 cm³/mol. The number of pyridine rings is 1. The number of alkyl halides is 3. The lowest BCUT2D eigenvalue weighted by Crippen LogP contribution is -2.24. The highest BCUT2D eigenvalue weighted by Gasteiger charge is 2.27. The molecule has 0 radical (unpaired) electrons. The number of hydrogen-bond acceptors (Lipinski definition) is 6. The Hall–Kier alpha value is -3.69. The number of halogens is 3. The lowest BCUT2D eigenvalue weighted by molar-refractivity contribution is -0.156. The van der Waals surface area contributed by atoms with E-state index in [1.54, 1.807) is 57.4 Å². The zero-order valence-electron chi connectivity index (χ0n) is 20.3. The first-order valence-electron chi connectivity index (χ1n) is 11.4. The maximum Gasteiger partial charge on any atom is 0.389 e. The van der Waals surface area contributed by atoms with Gasteiger partial charge in [0.2, 0.25) is 0 Å². The summed E-state index contributed by atoms with van der Waals surface area (Å²) in [6, 6.07) is 10.7. The summed E-state index contributed by atoms with van der Waals surface area (Å²) in [5, 5.41) is 3.88. The number of rotatable bonds is 10. The molecular weight excluding hydrogens is 475 g/mol. The molecule has 3 rings (SSSR count). The molecular formula is C26H28F3N3O4. The number of fused-ring (bicyclic) bond motifs is 1. The molecule has 192 valence electrons. The number of carbonyl (C=O) groups excluding carboxylic acids is 2. The molecule has 2 aromatic heterocycles. The van der Waals surface area contributed by atoms with Crippen LogP contribution in [0.3, 0.4) is 0 Å². The van der Waals surface area contributed by atoms with Gasteiger partial charge < -0.3 is 9.57 Å². The van der Waals surface area contributed by atoms with E-state index in [2.05, 4.69) is 10.1 Å². The second-order valence-electron chi connectivity index (χ2n) is 9.27. The Balaban J connectivity index is 1.61. The largest absolute Gasteiger partial charge is 0.460 e. The normalized spacial score (nSPS) is 12.3. The Morgan fingerprint density at radius 2 is 1.89 bits per heavy atom. The van der Waals surface area contributed by atoms with Crippen molar-refractivity contribution in [2.24, 2.45) is 5.16 Å². The highest BCUT2D eigenvalue weighted by Crippen LogP contribution is 2.24. The third-order valence-corrected chi connectivity index (χ3v) is 4.94. The van der Waals surface area contributed by atoms with Crippen LogP contribution in [0.15, 0.2) is 53.9 Å². The smallest absolute Gasteiger partial charge is 0.389 e. The van der Waals surface area contributed by atoms with Gasteiger partial charge in [-0.1, -0.05) is 23.4 Å². The van der Waals surface area contributed by atoms with Crippen molar-refractivity contribution in [3.05, 3.63) is 59.9 Å². The Labute approximate surface area is 206 Å². The number of esters is 1. The summed E-state index contributed by atoms with van der Waals surface area (Å²) >= 11 is 0. The van der Waals surface area contributed by atoms with Crippen molar-refractivity contribution < 1.29 is 32.3 Å². The number of Topliss-reactive ketones (excluding diaryl/α,β-unsaturated/α-hetero) is 1. The summed E-state index contributed by atoms with van der Waals surface area (Å²) in [6.45, 7) is 5.47. The van der Waals surface area contributed by atoms with E-state index in [1.165, 1.54) is 6.21 Å². The van der Waals surface area contributed by atoms with E-state index in [0.29, 0.717) is 11.2 Å². The SMILES string of the molecule is CC(C)(C)OC(=O)CCO/N=C/c1ccn2c(-c3cccc(CC(=O)CCC(F)(F)F)c3)cnc2c1. The summed E-state index contributed by atoms with van der Waals surface area (Å²) in [6.07, 6.45) is -0.962. The van der Waals surface area contributed by atoms with Gasteiger partial charge in [-0.25, -0.2) is 4.98 Å². The predicted octanol–water partition coefficient (Wildman–Crippen LogP) is 5.54.